The maximum Gasteiger partial charge on any atom is 0.392 e. The molecule has 0 saturated carbocycles. The molecule has 3 heteroatoms. The van der Waals surface area contributed by atoms with E-state index in [0.29, 0.717) is 5.57 Å². The molecule has 0 nitrogen and oxygen atoms in total. The maximum atomic E-state index is 11.6. The molecule has 0 saturated heterocycles. The van der Waals surface area contributed by atoms with Gasteiger partial charge in [-0.3, -0.25) is 0 Å². The van der Waals surface area contributed by atoms with Crippen molar-refractivity contribution in [1.82, 2.24) is 0 Å². The van der Waals surface area contributed by atoms with Gasteiger partial charge in [0.15, 0.2) is 0 Å². The lowest BCUT2D eigenvalue weighted by Crippen LogP contribution is -2.04. The average molecular weight is 162 g/mol. The van der Waals surface area contributed by atoms with Crippen molar-refractivity contribution >= 4 is 0 Å². The van der Waals surface area contributed by atoms with E-state index in [1.807, 2.05) is 0 Å². The molecule has 0 aliphatic rings. The quantitative estimate of drug-likeness (QED) is 0.432. The second-order valence-electron chi connectivity index (χ2n) is 2.12. The molecule has 0 aliphatic carbocycles. The summed E-state index contributed by atoms with van der Waals surface area (Å²) in [5.41, 5.74) is 2.92. The summed E-state index contributed by atoms with van der Waals surface area (Å²) in [7, 11) is 0. The zero-order valence-electron chi connectivity index (χ0n) is 6.20. The van der Waals surface area contributed by atoms with Gasteiger partial charge in [-0.05, 0) is 18.6 Å². The van der Waals surface area contributed by atoms with Crippen LogP contribution in [0.4, 0.5) is 13.2 Å². The summed E-state index contributed by atoms with van der Waals surface area (Å²) in [6.07, 6.45) is -2.50. The standard InChI is InChI=1S/C8H9F3/c1-3-4-7(2)5-6-8(9,10)11/h4-5H,1,6H2,2H3. The van der Waals surface area contributed by atoms with Gasteiger partial charge >= 0.3 is 6.18 Å². The van der Waals surface area contributed by atoms with Crippen molar-refractivity contribution in [3.05, 3.63) is 30.0 Å². The molecular formula is C8H9F3. The van der Waals surface area contributed by atoms with Crippen molar-refractivity contribution in [1.29, 1.82) is 0 Å². The van der Waals surface area contributed by atoms with E-state index in [-0.39, 0.29) is 0 Å². The Morgan fingerprint density at radius 1 is 1.55 bits per heavy atom. The van der Waals surface area contributed by atoms with Crippen LogP contribution in [0.5, 0.6) is 0 Å². The van der Waals surface area contributed by atoms with E-state index >= 15 is 0 Å². The number of allylic oxidation sites excluding steroid dienone is 3. The SMILES string of the molecule is C=C=CC(C)=CCC(F)(F)F. The summed E-state index contributed by atoms with van der Waals surface area (Å²) in [5, 5.41) is 0. The third-order valence-corrected chi connectivity index (χ3v) is 0.985. The van der Waals surface area contributed by atoms with Crippen LogP contribution in [0.2, 0.25) is 0 Å². The first kappa shape index (κ1) is 10.0. The molecule has 62 valence electrons. The van der Waals surface area contributed by atoms with Crippen LogP contribution in [0.3, 0.4) is 0 Å². The van der Waals surface area contributed by atoms with Gasteiger partial charge in [0.25, 0.3) is 0 Å². The zero-order valence-corrected chi connectivity index (χ0v) is 6.20. The van der Waals surface area contributed by atoms with Crippen LogP contribution < -0.4 is 0 Å². The third kappa shape index (κ3) is 6.94. The Morgan fingerprint density at radius 3 is 2.45 bits per heavy atom. The Hall–Kier alpha value is -0.950. The average Bonchev–Trinajstić information content (AvgIpc) is 1.83. The molecule has 0 amide bonds. The van der Waals surface area contributed by atoms with E-state index in [4.69, 9.17) is 0 Å². The van der Waals surface area contributed by atoms with Gasteiger partial charge in [-0.1, -0.05) is 12.7 Å². The Kier molecular flexibility index (Phi) is 3.69. The van der Waals surface area contributed by atoms with Crippen molar-refractivity contribution in [2.45, 2.75) is 19.5 Å². The summed E-state index contributed by atoms with van der Waals surface area (Å²) in [4.78, 5) is 0. The first-order valence-electron chi connectivity index (χ1n) is 3.05. The second kappa shape index (κ2) is 4.04. The minimum Gasteiger partial charge on any atom is -0.171 e. The fourth-order valence-electron chi connectivity index (χ4n) is 0.497. The van der Waals surface area contributed by atoms with Crippen molar-refractivity contribution in [3.63, 3.8) is 0 Å². The summed E-state index contributed by atoms with van der Waals surface area (Å²) in [5.74, 6) is 0. The number of halogens is 3. The van der Waals surface area contributed by atoms with Gasteiger partial charge in [0.2, 0.25) is 0 Å². The van der Waals surface area contributed by atoms with E-state index in [1.165, 1.54) is 6.08 Å². The van der Waals surface area contributed by atoms with Gasteiger partial charge in [-0.15, -0.1) is 5.73 Å². The predicted molar refractivity (Wildman–Crippen MR) is 38.1 cm³/mol. The van der Waals surface area contributed by atoms with Gasteiger partial charge < -0.3 is 0 Å². The molecule has 0 radical (unpaired) electrons. The molecular weight excluding hydrogens is 153 g/mol. The number of alkyl halides is 3. The minimum atomic E-state index is -4.11. The maximum absolute atomic E-state index is 11.6. The molecule has 0 aromatic carbocycles. The highest BCUT2D eigenvalue weighted by Crippen LogP contribution is 2.20. The number of rotatable bonds is 2. The molecule has 0 rings (SSSR count). The van der Waals surface area contributed by atoms with E-state index in [9.17, 15) is 13.2 Å². The largest absolute Gasteiger partial charge is 0.392 e. The third-order valence-electron chi connectivity index (χ3n) is 0.985. The lowest BCUT2D eigenvalue weighted by molar-refractivity contribution is -0.125. The van der Waals surface area contributed by atoms with Crippen LogP contribution in [0.1, 0.15) is 13.3 Å². The topological polar surface area (TPSA) is 0 Å². The van der Waals surface area contributed by atoms with Crippen LogP contribution >= 0.6 is 0 Å². The minimum absolute atomic E-state index is 0.525. The van der Waals surface area contributed by atoms with E-state index < -0.39 is 12.6 Å². The van der Waals surface area contributed by atoms with Gasteiger partial charge in [0.05, 0.1) is 6.42 Å². The van der Waals surface area contributed by atoms with Gasteiger partial charge in [-0.25, -0.2) is 0 Å². The van der Waals surface area contributed by atoms with Crippen molar-refractivity contribution in [2.24, 2.45) is 0 Å². The monoisotopic (exact) mass is 162 g/mol. The molecule has 0 fully saturated rings. The predicted octanol–water partition coefficient (Wildman–Crippen LogP) is 3.23. The van der Waals surface area contributed by atoms with E-state index in [1.54, 1.807) is 6.92 Å². The molecule has 0 aliphatic heterocycles. The molecule has 0 bridgehead atoms. The molecule has 0 N–H and O–H groups in total. The molecule has 0 spiro atoms. The van der Waals surface area contributed by atoms with Crippen LogP contribution in [0.15, 0.2) is 30.0 Å². The number of hydrogen-bond acceptors (Lipinski definition) is 0. The van der Waals surface area contributed by atoms with E-state index in [2.05, 4.69) is 12.3 Å². The fraction of sp³-hybridized carbons (Fsp3) is 0.375. The number of hydrogen-bond donors (Lipinski definition) is 0. The summed E-state index contributed by atoms with van der Waals surface area (Å²) >= 11 is 0. The normalized spacial score (nSPS) is 12.5. The fourth-order valence-corrected chi connectivity index (χ4v) is 0.497. The lowest BCUT2D eigenvalue weighted by atomic mass is 10.2. The highest BCUT2D eigenvalue weighted by Gasteiger charge is 2.24. The summed E-state index contributed by atoms with van der Waals surface area (Å²) < 4.78 is 34.7. The zero-order chi connectivity index (χ0) is 8.91. The van der Waals surface area contributed by atoms with Crippen LogP contribution in [0.25, 0.3) is 0 Å². The first-order valence-corrected chi connectivity index (χ1v) is 3.05. The lowest BCUT2D eigenvalue weighted by Gasteiger charge is -2.00. The van der Waals surface area contributed by atoms with E-state index in [0.717, 1.165) is 6.08 Å². The highest BCUT2D eigenvalue weighted by atomic mass is 19.4. The highest BCUT2D eigenvalue weighted by molar-refractivity contribution is 5.14. The Balaban J connectivity index is 4.03. The molecule has 11 heavy (non-hydrogen) atoms. The first-order chi connectivity index (χ1) is 4.95. The summed E-state index contributed by atoms with van der Waals surface area (Å²) in [6, 6.07) is 0. The van der Waals surface area contributed by atoms with Crippen LogP contribution in [-0.4, -0.2) is 6.18 Å². The molecule has 0 aromatic heterocycles. The molecule has 0 heterocycles. The van der Waals surface area contributed by atoms with Gasteiger partial charge in [0.1, 0.15) is 0 Å². The van der Waals surface area contributed by atoms with Crippen molar-refractivity contribution in [3.8, 4) is 0 Å². The van der Waals surface area contributed by atoms with Crippen molar-refractivity contribution in [2.75, 3.05) is 0 Å². The van der Waals surface area contributed by atoms with Gasteiger partial charge in [0, 0.05) is 0 Å². The van der Waals surface area contributed by atoms with Crippen molar-refractivity contribution < 1.29 is 13.2 Å². The Morgan fingerprint density at radius 2 is 2.09 bits per heavy atom. The summed E-state index contributed by atoms with van der Waals surface area (Å²) in [6.45, 7) is 4.82. The second-order valence-corrected chi connectivity index (χ2v) is 2.12. The Labute approximate surface area is 63.7 Å². The smallest absolute Gasteiger partial charge is 0.171 e. The molecule has 0 atom stereocenters. The molecule has 0 unspecified atom stereocenters. The van der Waals surface area contributed by atoms with Gasteiger partial charge in [-0.2, -0.15) is 13.2 Å². The Bertz CT molecular complexity index is 192. The van der Waals surface area contributed by atoms with Crippen LogP contribution in [-0.2, 0) is 0 Å². The van der Waals surface area contributed by atoms with Crippen LogP contribution in [0, 0.1) is 0 Å². The molecule has 0 aromatic rings.